The molecule has 0 bridgehead atoms. The minimum Gasteiger partial charge on any atom is -0.301 e. The Morgan fingerprint density at radius 3 is 2.71 bits per heavy atom. The number of nitrogens with zero attached hydrogens (tertiary/aromatic N) is 2. The summed E-state index contributed by atoms with van der Waals surface area (Å²) >= 11 is 0. The number of nitriles is 1. The van der Waals surface area contributed by atoms with E-state index in [1.165, 1.54) is 6.42 Å². The molecule has 1 unspecified atom stereocenters. The van der Waals surface area contributed by atoms with Crippen molar-refractivity contribution in [3.8, 4) is 6.07 Å². The van der Waals surface area contributed by atoms with Crippen LogP contribution < -0.4 is 5.32 Å². The van der Waals surface area contributed by atoms with Gasteiger partial charge in [0.15, 0.2) is 0 Å². The summed E-state index contributed by atoms with van der Waals surface area (Å²) in [6.07, 6.45) is 1.25. The van der Waals surface area contributed by atoms with Gasteiger partial charge in [-0.1, -0.05) is 20.8 Å². The van der Waals surface area contributed by atoms with Crippen molar-refractivity contribution in [2.45, 2.75) is 33.2 Å². The first kappa shape index (κ1) is 11.5. The van der Waals surface area contributed by atoms with Gasteiger partial charge in [0.25, 0.3) is 0 Å². The second kappa shape index (κ2) is 4.77. The molecule has 1 aliphatic rings. The predicted octanol–water partition coefficient (Wildman–Crippen LogP) is 1.22. The maximum Gasteiger partial charge on any atom is 0.108 e. The third kappa shape index (κ3) is 3.28. The second-order valence-electron chi connectivity index (χ2n) is 4.89. The van der Waals surface area contributed by atoms with Crippen LogP contribution >= 0.6 is 0 Å². The second-order valence-corrected chi connectivity index (χ2v) is 4.89. The maximum atomic E-state index is 8.91. The normalized spacial score (nSPS) is 23.3. The molecule has 0 aromatic carbocycles. The Morgan fingerprint density at radius 2 is 2.29 bits per heavy atom. The van der Waals surface area contributed by atoms with Crippen LogP contribution in [0, 0.1) is 16.7 Å². The van der Waals surface area contributed by atoms with Crippen molar-refractivity contribution < 1.29 is 0 Å². The van der Waals surface area contributed by atoms with Gasteiger partial charge in [-0.25, -0.2) is 0 Å². The van der Waals surface area contributed by atoms with E-state index in [9.17, 15) is 0 Å². The van der Waals surface area contributed by atoms with Crippen LogP contribution in [0.1, 0.15) is 27.2 Å². The molecule has 0 aromatic heterocycles. The summed E-state index contributed by atoms with van der Waals surface area (Å²) in [6, 6.07) is 2.30. The van der Waals surface area contributed by atoms with Crippen molar-refractivity contribution >= 4 is 0 Å². The molecular formula is C11H21N3. The molecule has 80 valence electrons. The fourth-order valence-electron chi connectivity index (χ4n) is 2.04. The molecular weight excluding hydrogens is 174 g/mol. The zero-order valence-corrected chi connectivity index (χ0v) is 9.51. The first-order valence-corrected chi connectivity index (χ1v) is 5.43. The summed E-state index contributed by atoms with van der Waals surface area (Å²) in [5, 5.41) is 12.1. The number of rotatable bonds is 4. The van der Waals surface area contributed by atoms with Gasteiger partial charge < -0.3 is 10.2 Å². The lowest BCUT2D eigenvalue weighted by atomic mass is 9.93. The van der Waals surface area contributed by atoms with Gasteiger partial charge in [-0.3, -0.25) is 0 Å². The van der Waals surface area contributed by atoms with E-state index in [0.717, 1.165) is 26.2 Å². The monoisotopic (exact) mass is 195 g/mol. The number of hydrogen-bond acceptors (Lipinski definition) is 3. The van der Waals surface area contributed by atoms with E-state index in [0.29, 0.717) is 5.41 Å². The summed E-state index contributed by atoms with van der Waals surface area (Å²) in [6.45, 7) is 10.6. The highest BCUT2D eigenvalue weighted by molar-refractivity contribution is 4.94. The van der Waals surface area contributed by atoms with Crippen LogP contribution in [0.2, 0.25) is 0 Å². The van der Waals surface area contributed by atoms with Gasteiger partial charge in [0.2, 0.25) is 0 Å². The molecule has 1 fully saturated rings. The van der Waals surface area contributed by atoms with Crippen LogP contribution in [-0.4, -0.2) is 37.1 Å². The highest BCUT2D eigenvalue weighted by Crippen LogP contribution is 2.28. The molecule has 3 heteroatoms. The van der Waals surface area contributed by atoms with Crippen LogP contribution in [0.3, 0.4) is 0 Å². The van der Waals surface area contributed by atoms with Crippen LogP contribution in [0.5, 0.6) is 0 Å². The van der Waals surface area contributed by atoms with Crippen molar-refractivity contribution in [3.05, 3.63) is 0 Å². The van der Waals surface area contributed by atoms with Crippen LogP contribution in [-0.2, 0) is 0 Å². The van der Waals surface area contributed by atoms with Crippen molar-refractivity contribution in [2.75, 3.05) is 26.2 Å². The molecule has 1 aliphatic heterocycles. The lowest BCUT2D eigenvalue weighted by molar-refractivity contribution is 0.276. The molecule has 1 atom stereocenters. The van der Waals surface area contributed by atoms with E-state index in [1.54, 1.807) is 0 Å². The van der Waals surface area contributed by atoms with Crippen molar-refractivity contribution in [1.82, 2.24) is 10.2 Å². The first-order chi connectivity index (χ1) is 6.57. The van der Waals surface area contributed by atoms with Gasteiger partial charge in [0, 0.05) is 13.1 Å². The summed E-state index contributed by atoms with van der Waals surface area (Å²) in [5.74, 6) is 0. The SMILES string of the molecule is CCNC(C#N)CN1CCC(C)(C)C1. The fourth-order valence-corrected chi connectivity index (χ4v) is 2.04. The van der Waals surface area contributed by atoms with Gasteiger partial charge in [-0.05, 0) is 24.9 Å². The Kier molecular flexibility index (Phi) is 3.91. The Morgan fingerprint density at radius 1 is 1.57 bits per heavy atom. The first-order valence-electron chi connectivity index (χ1n) is 5.43. The predicted molar refractivity (Wildman–Crippen MR) is 57.9 cm³/mol. The van der Waals surface area contributed by atoms with E-state index in [2.05, 4.69) is 30.1 Å². The Bertz CT molecular complexity index is 217. The summed E-state index contributed by atoms with van der Waals surface area (Å²) in [5.41, 5.74) is 0.437. The standard InChI is InChI=1S/C11H21N3/c1-4-13-10(7-12)8-14-6-5-11(2,3)9-14/h10,13H,4-6,8-9H2,1-3H3. The van der Waals surface area contributed by atoms with Gasteiger partial charge in [-0.2, -0.15) is 5.26 Å². The van der Waals surface area contributed by atoms with Gasteiger partial charge in [0.05, 0.1) is 6.07 Å². The lowest BCUT2D eigenvalue weighted by Crippen LogP contribution is -2.39. The van der Waals surface area contributed by atoms with Crippen LogP contribution in [0.4, 0.5) is 0 Å². The molecule has 1 saturated heterocycles. The van der Waals surface area contributed by atoms with Gasteiger partial charge in [-0.15, -0.1) is 0 Å². The highest BCUT2D eigenvalue weighted by Gasteiger charge is 2.29. The minimum atomic E-state index is -0.00565. The third-order valence-electron chi connectivity index (χ3n) is 2.80. The van der Waals surface area contributed by atoms with Crippen LogP contribution in [0.15, 0.2) is 0 Å². The number of hydrogen-bond donors (Lipinski definition) is 1. The Hall–Kier alpha value is -0.590. The number of nitrogens with one attached hydrogen (secondary N) is 1. The molecule has 0 aliphatic carbocycles. The van der Waals surface area contributed by atoms with Gasteiger partial charge in [0.1, 0.15) is 6.04 Å². The summed E-state index contributed by atoms with van der Waals surface area (Å²) < 4.78 is 0. The number of likely N-dealkylation sites (tertiary alicyclic amines) is 1. The lowest BCUT2D eigenvalue weighted by Gasteiger charge is -2.21. The van der Waals surface area contributed by atoms with E-state index in [4.69, 9.17) is 5.26 Å². The average Bonchev–Trinajstić information content (AvgIpc) is 2.45. The molecule has 0 radical (unpaired) electrons. The molecule has 0 aromatic rings. The zero-order chi connectivity index (χ0) is 10.6. The Balaban J connectivity index is 2.35. The van der Waals surface area contributed by atoms with E-state index < -0.39 is 0 Å². The molecule has 0 amide bonds. The molecule has 0 saturated carbocycles. The summed E-state index contributed by atoms with van der Waals surface area (Å²) in [7, 11) is 0. The topological polar surface area (TPSA) is 39.1 Å². The fraction of sp³-hybridized carbons (Fsp3) is 0.909. The smallest absolute Gasteiger partial charge is 0.108 e. The molecule has 1 heterocycles. The zero-order valence-electron chi connectivity index (χ0n) is 9.51. The number of likely N-dealkylation sites (N-methyl/N-ethyl adjacent to an activating group) is 1. The molecule has 1 N–H and O–H groups in total. The average molecular weight is 195 g/mol. The van der Waals surface area contributed by atoms with Gasteiger partial charge >= 0.3 is 0 Å². The molecule has 3 nitrogen and oxygen atoms in total. The summed E-state index contributed by atoms with van der Waals surface area (Å²) in [4.78, 5) is 2.39. The van der Waals surface area contributed by atoms with Crippen molar-refractivity contribution in [1.29, 1.82) is 5.26 Å². The van der Waals surface area contributed by atoms with Crippen molar-refractivity contribution in [3.63, 3.8) is 0 Å². The van der Waals surface area contributed by atoms with Crippen molar-refractivity contribution in [2.24, 2.45) is 5.41 Å². The largest absolute Gasteiger partial charge is 0.301 e. The highest BCUT2D eigenvalue weighted by atomic mass is 15.2. The molecule has 14 heavy (non-hydrogen) atoms. The van der Waals surface area contributed by atoms with E-state index >= 15 is 0 Å². The van der Waals surface area contributed by atoms with Crippen LogP contribution in [0.25, 0.3) is 0 Å². The third-order valence-corrected chi connectivity index (χ3v) is 2.80. The maximum absolute atomic E-state index is 8.91. The quantitative estimate of drug-likeness (QED) is 0.733. The van der Waals surface area contributed by atoms with E-state index in [1.807, 2.05) is 6.92 Å². The van der Waals surface area contributed by atoms with E-state index in [-0.39, 0.29) is 6.04 Å². The minimum absolute atomic E-state index is 0.00565. The molecule has 0 spiro atoms. The Labute approximate surface area is 87.1 Å². The molecule has 1 rings (SSSR count).